The molecule has 3 aromatic rings. The summed E-state index contributed by atoms with van der Waals surface area (Å²) in [6.45, 7) is 0.534. The molecule has 4 rings (SSSR count). The number of methoxy groups -OCH3 is 1. The van der Waals surface area contributed by atoms with E-state index in [1.807, 2.05) is 14.1 Å². The maximum Gasteiger partial charge on any atom is 0.313 e. The molecule has 1 heterocycles. The fraction of sp³-hybridized carbons (Fsp3) is 0.320. The first kappa shape index (κ1) is 24.2. The normalized spacial score (nSPS) is 13.9. The van der Waals surface area contributed by atoms with Crippen molar-refractivity contribution in [2.75, 3.05) is 40.2 Å². The molecular formula is C25H27FN4O5. The molecule has 1 saturated carbocycles. The monoisotopic (exact) mass is 482 g/mol. The van der Waals surface area contributed by atoms with Crippen LogP contribution in [0.25, 0.3) is 10.9 Å². The van der Waals surface area contributed by atoms with Crippen molar-refractivity contribution in [1.29, 1.82) is 0 Å². The number of aromatic nitrogens is 1. The van der Waals surface area contributed by atoms with E-state index in [1.54, 1.807) is 31.5 Å². The predicted octanol–water partition coefficient (Wildman–Crippen LogP) is 3.33. The Morgan fingerprint density at radius 2 is 1.83 bits per heavy atom. The Morgan fingerprint density at radius 3 is 2.46 bits per heavy atom. The van der Waals surface area contributed by atoms with Crippen molar-refractivity contribution < 1.29 is 28.2 Å². The van der Waals surface area contributed by atoms with Crippen LogP contribution in [0.3, 0.4) is 0 Å². The van der Waals surface area contributed by atoms with Gasteiger partial charge in [-0.25, -0.2) is 4.39 Å². The SMILES string of the molecule is CNC(=O)C(=O)Nc1ccc(Oc2ccnc3cc(OCC4(N(C)C)CC4)c(OC)cc23)c(F)c1. The maximum atomic E-state index is 14.7. The topological polar surface area (TPSA) is 102 Å². The molecular weight excluding hydrogens is 455 g/mol. The number of nitrogens with one attached hydrogen (secondary N) is 2. The van der Waals surface area contributed by atoms with Crippen LogP contribution < -0.4 is 24.8 Å². The molecule has 10 heteroatoms. The molecule has 1 aromatic heterocycles. The number of fused-ring (bicyclic) bond motifs is 1. The van der Waals surface area contributed by atoms with Gasteiger partial charge in [0.2, 0.25) is 0 Å². The lowest BCUT2D eigenvalue weighted by molar-refractivity contribution is -0.135. The minimum atomic E-state index is -0.899. The predicted molar refractivity (Wildman–Crippen MR) is 129 cm³/mol. The summed E-state index contributed by atoms with van der Waals surface area (Å²) in [7, 11) is 6.96. The molecule has 184 valence electrons. The lowest BCUT2D eigenvalue weighted by Gasteiger charge is -2.24. The Bertz CT molecular complexity index is 1280. The quantitative estimate of drug-likeness (QED) is 0.475. The maximum absolute atomic E-state index is 14.7. The molecule has 0 saturated heterocycles. The number of anilines is 1. The average molecular weight is 483 g/mol. The Balaban J connectivity index is 1.57. The molecule has 0 aliphatic heterocycles. The summed E-state index contributed by atoms with van der Waals surface area (Å²) in [6, 6.07) is 9.02. The second-order valence-corrected chi connectivity index (χ2v) is 8.52. The Kier molecular flexibility index (Phi) is 6.74. The van der Waals surface area contributed by atoms with Gasteiger partial charge in [0.05, 0.1) is 18.2 Å². The van der Waals surface area contributed by atoms with Crippen LogP contribution in [0.1, 0.15) is 12.8 Å². The van der Waals surface area contributed by atoms with Crippen molar-refractivity contribution in [3.8, 4) is 23.0 Å². The van der Waals surface area contributed by atoms with Gasteiger partial charge in [-0.2, -0.15) is 0 Å². The lowest BCUT2D eigenvalue weighted by Crippen LogP contribution is -2.35. The van der Waals surface area contributed by atoms with Crippen molar-refractivity contribution in [3.05, 3.63) is 48.4 Å². The highest BCUT2D eigenvalue weighted by Gasteiger charge is 2.45. The van der Waals surface area contributed by atoms with E-state index < -0.39 is 17.6 Å². The average Bonchev–Trinajstić information content (AvgIpc) is 3.65. The van der Waals surface area contributed by atoms with Crippen LogP contribution in [-0.4, -0.2) is 62.1 Å². The molecule has 2 amide bonds. The summed E-state index contributed by atoms with van der Waals surface area (Å²) in [5.41, 5.74) is 0.766. The third-order valence-corrected chi connectivity index (χ3v) is 6.10. The van der Waals surface area contributed by atoms with Gasteiger partial charge in [0.1, 0.15) is 12.4 Å². The molecule has 2 N–H and O–H groups in total. The summed E-state index contributed by atoms with van der Waals surface area (Å²) in [6.07, 6.45) is 3.71. The molecule has 35 heavy (non-hydrogen) atoms. The number of carbonyl (C=O) groups is 2. The molecule has 1 aliphatic carbocycles. The smallest absolute Gasteiger partial charge is 0.313 e. The zero-order chi connectivity index (χ0) is 25.2. The van der Waals surface area contributed by atoms with Crippen LogP contribution in [-0.2, 0) is 9.59 Å². The van der Waals surface area contributed by atoms with Crippen molar-refractivity contribution in [3.63, 3.8) is 0 Å². The molecule has 2 aromatic carbocycles. The zero-order valence-electron chi connectivity index (χ0n) is 20.0. The number of rotatable bonds is 8. The second-order valence-electron chi connectivity index (χ2n) is 8.52. The van der Waals surface area contributed by atoms with E-state index in [0.717, 1.165) is 18.9 Å². The van der Waals surface area contributed by atoms with E-state index in [2.05, 4.69) is 20.5 Å². The number of halogens is 1. The van der Waals surface area contributed by atoms with Crippen LogP contribution in [0, 0.1) is 5.82 Å². The number of ether oxygens (including phenoxy) is 3. The fourth-order valence-corrected chi connectivity index (χ4v) is 3.65. The van der Waals surface area contributed by atoms with Gasteiger partial charge in [0.15, 0.2) is 23.1 Å². The van der Waals surface area contributed by atoms with Crippen molar-refractivity contribution in [1.82, 2.24) is 15.2 Å². The summed E-state index contributed by atoms with van der Waals surface area (Å²) in [5.74, 6) is -1.05. The van der Waals surface area contributed by atoms with E-state index in [9.17, 15) is 14.0 Å². The number of pyridine rings is 1. The molecule has 0 unspecified atom stereocenters. The molecule has 1 aliphatic rings. The molecule has 0 bridgehead atoms. The lowest BCUT2D eigenvalue weighted by atomic mass is 10.1. The van der Waals surface area contributed by atoms with Crippen LogP contribution in [0.5, 0.6) is 23.0 Å². The number of hydrogen-bond acceptors (Lipinski definition) is 7. The van der Waals surface area contributed by atoms with E-state index in [0.29, 0.717) is 34.8 Å². The highest BCUT2D eigenvalue weighted by molar-refractivity contribution is 6.39. The van der Waals surface area contributed by atoms with E-state index >= 15 is 0 Å². The Labute approximate surface area is 202 Å². The molecule has 0 spiro atoms. The highest BCUT2D eigenvalue weighted by Crippen LogP contribution is 2.42. The standard InChI is InChI=1S/C25H27FN4O5/c1-27-23(31)24(32)29-15-5-6-20(17(26)11-15)35-19-7-10-28-18-13-22(21(33-4)12-16(18)19)34-14-25(8-9-25)30(2)3/h5-7,10-13H,8-9,14H2,1-4H3,(H,27,31)(H,29,32). The largest absolute Gasteiger partial charge is 0.493 e. The number of hydrogen-bond donors (Lipinski definition) is 2. The summed E-state index contributed by atoms with van der Waals surface area (Å²) < 4.78 is 32.2. The molecule has 0 radical (unpaired) electrons. The third kappa shape index (κ3) is 5.12. The fourth-order valence-electron chi connectivity index (χ4n) is 3.65. The molecule has 1 fully saturated rings. The van der Waals surface area contributed by atoms with Crippen LogP contribution in [0.4, 0.5) is 10.1 Å². The number of likely N-dealkylation sites (N-methyl/N-ethyl adjacent to an activating group) is 2. The molecule has 9 nitrogen and oxygen atoms in total. The van der Waals surface area contributed by atoms with E-state index in [1.165, 1.54) is 19.2 Å². The zero-order valence-corrected chi connectivity index (χ0v) is 20.0. The summed E-state index contributed by atoms with van der Waals surface area (Å²) >= 11 is 0. The van der Waals surface area contributed by atoms with Crippen LogP contribution in [0.2, 0.25) is 0 Å². The van der Waals surface area contributed by atoms with Gasteiger partial charge in [-0.3, -0.25) is 14.6 Å². The van der Waals surface area contributed by atoms with E-state index in [-0.39, 0.29) is 17.0 Å². The van der Waals surface area contributed by atoms with Crippen LogP contribution in [0.15, 0.2) is 42.6 Å². The first-order chi connectivity index (χ1) is 16.8. The van der Waals surface area contributed by atoms with Gasteiger partial charge < -0.3 is 29.7 Å². The number of carbonyl (C=O) groups excluding carboxylic acids is 2. The van der Waals surface area contributed by atoms with Gasteiger partial charge in [-0.1, -0.05) is 0 Å². The second kappa shape index (κ2) is 9.75. The van der Waals surface area contributed by atoms with Crippen molar-refractivity contribution in [2.45, 2.75) is 18.4 Å². The first-order valence-corrected chi connectivity index (χ1v) is 11.0. The number of amides is 2. The summed E-state index contributed by atoms with van der Waals surface area (Å²) in [4.78, 5) is 29.6. The first-order valence-electron chi connectivity index (χ1n) is 11.0. The van der Waals surface area contributed by atoms with Crippen LogP contribution >= 0.6 is 0 Å². The van der Waals surface area contributed by atoms with Gasteiger partial charge in [0, 0.05) is 36.5 Å². The van der Waals surface area contributed by atoms with Gasteiger partial charge in [-0.05, 0) is 51.2 Å². The number of benzene rings is 2. The minimum Gasteiger partial charge on any atom is -0.493 e. The number of nitrogens with zero attached hydrogens (tertiary/aromatic N) is 2. The molecule has 0 atom stereocenters. The Hall–Kier alpha value is -3.92. The summed E-state index contributed by atoms with van der Waals surface area (Å²) in [5, 5.41) is 5.13. The Morgan fingerprint density at radius 1 is 1.06 bits per heavy atom. The van der Waals surface area contributed by atoms with Gasteiger partial charge in [-0.15, -0.1) is 0 Å². The minimum absolute atomic E-state index is 0.0435. The van der Waals surface area contributed by atoms with Crippen molar-refractivity contribution in [2.24, 2.45) is 0 Å². The third-order valence-electron chi connectivity index (χ3n) is 6.10. The van der Waals surface area contributed by atoms with Gasteiger partial charge in [0.25, 0.3) is 0 Å². The van der Waals surface area contributed by atoms with E-state index in [4.69, 9.17) is 14.2 Å². The van der Waals surface area contributed by atoms with Gasteiger partial charge >= 0.3 is 11.8 Å². The van der Waals surface area contributed by atoms with Crippen molar-refractivity contribution >= 4 is 28.4 Å². The highest BCUT2D eigenvalue weighted by atomic mass is 19.1.